The molecule has 4 aromatic heterocycles. The summed E-state index contributed by atoms with van der Waals surface area (Å²) in [6.45, 7) is 2.28. The van der Waals surface area contributed by atoms with Crippen LogP contribution in [0.4, 0.5) is 19.1 Å². The van der Waals surface area contributed by atoms with E-state index in [4.69, 9.17) is 0 Å². The lowest BCUT2D eigenvalue weighted by Crippen LogP contribution is -2.28. The highest BCUT2D eigenvalue weighted by molar-refractivity contribution is 5.81. The van der Waals surface area contributed by atoms with Gasteiger partial charge in [0.05, 0.1) is 12.1 Å². The molecule has 0 aromatic carbocycles. The summed E-state index contributed by atoms with van der Waals surface area (Å²) in [6.07, 6.45) is 1.43. The van der Waals surface area contributed by atoms with Crippen LogP contribution in [0.15, 0.2) is 41.6 Å². The molecule has 178 valence electrons. The number of aromatic nitrogens is 7. The van der Waals surface area contributed by atoms with Crippen LogP contribution in [-0.2, 0) is 6.18 Å². The van der Waals surface area contributed by atoms with Gasteiger partial charge >= 0.3 is 6.18 Å². The SMILES string of the molecule is CC(c1ccc(C(F)(F)F)nc1)n1nc(C#N)c2c(=O)[nH]c(N3CCCC3c3ncccn3)nc21. The molecule has 1 aliphatic heterocycles. The summed E-state index contributed by atoms with van der Waals surface area (Å²) in [5.74, 6) is 0.879. The second kappa shape index (κ2) is 8.46. The van der Waals surface area contributed by atoms with Gasteiger partial charge in [-0.2, -0.15) is 28.5 Å². The first-order valence-corrected chi connectivity index (χ1v) is 10.8. The first kappa shape index (κ1) is 22.5. The van der Waals surface area contributed by atoms with Crippen molar-refractivity contribution in [3.05, 3.63) is 69.9 Å². The van der Waals surface area contributed by atoms with Crippen LogP contribution in [-0.4, -0.2) is 41.2 Å². The molecule has 5 heterocycles. The fourth-order valence-corrected chi connectivity index (χ4v) is 4.25. The van der Waals surface area contributed by atoms with Crippen LogP contribution in [0.2, 0.25) is 0 Å². The molecule has 2 unspecified atom stereocenters. The van der Waals surface area contributed by atoms with E-state index in [0.717, 1.165) is 25.1 Å². The number of pyridine rings is 1. The zero-order chi connectivity index (χ0) is 24.7. The lowest BCUT2D eigenvalue weighted by atomic mass is 10.1. The summed E-state index contributed by atoms with van der Waals surface area (Å²) >= 11 is 0. The van der Waals surface area contributed by atoms with Crippen LogP contribution in [0.1, 0.15) is 54.6 Å². The van der Waals surface area contributed by atoms with Gasteiger partial charge in [-0.25, -0.2) is 14.6 Å². The molecule has 0 amide bonds. The van der Waals surface area contributed by atoms with Crippen molar-refractivity contribution < 1.29 is 13.2 Å². The van der Waals surface area contributed by atoms with Crippen LogP contribution >= 0.6 is 0 Å². The number of nitrogens with zero attached hydrogens (tertiary/aromatic N) is 8. The van der Waals surface area contributed by atoms with Crippen molar-refractivity contribution in [2.45, 2.75) is 38.0 Å². The number of anilines is 1. The predicted octanol–water partition coefficient (Wildman–Crippen LogP) is 3.15. The molecule has 0 bridgehead atoms. The van der Waals surface area contributed by atoms with Gasteiger partial charge in [0.25, 0.3) is 5.56 Å². The molecule has 13 heteroatoms. The van der Waals surface area contributed by atoms with Gasteiger partial charge in [0, 0.05) is 25.1 Å². The molecular weight excluding hydrogens is 463 g/mol. The number of alkyl halides is 3. The van der Waals surface area contributed by atoms with Crippen LogP contribution in [0, 0.1) is 11.3 Å². The first-order chi connectivity index (χ1) is 16.8. The number of hydrogen-bond acceptors (Lipinski definition) is 8. The van der Waals surface area contributed by atoms with E-state index >= 15 is 0 Å². The lowest BCUT2D eigenvalue weighted by Gasteiger charge is -2.24. The number of nitrogens with one attached hydrogen (secondary N) is 1. The van der Waals surface area contributed by atoms with Crippen LogP contribution < -0.4 is 10.5 Å². The Balaban J connectivity index is 1.59. The van der Waals surface area contributed by atoms with E-state index in [1.165, 1.54) is 10.7 Å². The van der Waals surface area contributed by atoms with E-state index < -0.39 is 23.5 Å². The van der Waals surface area contributed by atoms with Gasteiger partial charge in [0.15, 0.2) is 17.2 Å². The number of rotatable bonds is 4. The molecule has 0 aliphatic carbocycles. The Kier molecular flexibility index (Phi) is 5.43. The molecule has 0 saturated carbocycles. The number of fused-ring (bicyclic) bond motifs is 1. The zero-order valence-corrected chi connectivity index (χ0v) is 18.4. The third-order valence-corrected chi connectivity index (χ3v) is 5.99. The van der Waals surface area contributed by atoms with E-state index in [9.17, 15) is 23.2 Å². The third kappa shape index (κ3) is 3.96. The minimum atomic E-state index is -4.56. The number of halogens is 3. The molecule has 2 atom stereocenters. The van der Waals surface area contributed by atoms with Crippen LogP contribution in [0.3, 0.4) is 0 Å². The van der Waals surface area contributed by atoms with E-state index in [2.05, 4.69) is 30.0 Å². The van der Waals surface area contributed by atoms with Gasteiger partial charge in [-0.15, -0.1) is 0 Å². The fourth-order valence-electron chi connectivity index (χ4n) is 4.25. The summed E-state index contributed by atoms with van der Waals surface area (Å²) in [5.41, 5.74) is -1.13. The van der Waals surface area contributed by atoms with E-state index in [1.54, 1.807) is 25.4 Å². The van der Waals surface area contributed by atoms with Crippen molar-refractivity contribution >= 4 is 17.0 Å². The second-order valence-electron chi connectivity index (χ2n) is 8.10. The van der Waals surface area contributed by atoms with Crippen LogP contribution in [0.5, 0.6) is 0 Å². The average molecular weight is 481 g/mol. The fraction of sp³-hybridized carbons (Fsp3) is 0.318. The van der Waals surface area contributed by atoms with Crippen molar-refractivity contribution in [3.8, 4) is 6.07 Å². The van der Waals surface area contributed by atoms with Crippen molar-refractivity contribution in [1.29, 1.82) is 5.26 Å². The smallest absolute Gasteiger partial charge is 0.332 e. The first-order valence-electron chi connectivity index (χ1n) is 10.8. The maximum absolute atomic E-state index is 13.0. The molecule has 1 aliphatic rings. The lowest BCUT2D eigenvalue weighted by molar-refractivity contribution is -0.141. The highest BCUT2D eigenvalue weighted by Crippen LogP contribution is 2.33. The van der Waals surface area contributed by atoms with Crippen molar-refractivity contribution in [1.82, 2.24) is 34.7 Å². The molecule has 35 heavy (non-hydrogen) atoms. The van der Waals surface area contributed by atoms with Gasteiger partial charge in [0.1, 0.15) is 17.1 Å². The maximum atomic E-state index is 13.0. The molecule has 1 N–H and O–H groups in total. The largest absolute Gasteiger partial charge is 0.433 e. The zero-order valence-electron chi connectivity index (χ0n) is 18.4. The third-order valence-electron chi connectivity index (χ3n) is 5.99. The molecule has 1 saturated heterocycles. The van der Waals surface area contributed by atoms with E-state index in [1.807, 2.05) is 11.0 Å². The molecule has 5 rings (SSSR count). The summed E-state index contributed by atoms with van der Waals surface area (Å²) in [4.78, 5) is 34.4. The topological polar surface area (TPSA) is 129 Å². The molecule has 4 aromatic rings. The normalized spacial score (nSPS) is 17.0. The number of nitriles is 1. The Morgan fingerprint density at radius 3 is 2.66 bits per heavy atom. The second-order valence-corrected chi connectivity index (χ2v) is 8.10. The van der Waals surface area contributed by atoms with Gasteiger partial charge in [-0.3, -0.25) is 14.8 Å². The van der Waals surface area contributed by atoms with Crippen molar-refractivity contribution in [2.75, 3.05) is 11.4 Å². The predicted molar refractivity (Wildman–Crippen MR) is 117 cm³/mol. The average Bonchev–Trinajstić information content (AvgIpc) is 3.49. The Morgan fingerprint density at radius 2 is 2.00 bits per heavy atom. The van der Waals surface area contributed by atoms with Crippen molar-refractivity contribution in [3.63, 3.8) is 0 Å². The molecule has 1 fully saturated rings. The molecular formula is C22H18F3N9O. The highest BCUT2D eigenvalue weighted by atomic mass is 19.4. The quantitative estimate of drug-likeness (QED) is 0.471. The molecule has 0 spiro atoms. The highest BCUT2D eigenvalue weighted by Gasteiger charge is 2.33. The van der Waals surface area contributed by atoms with Gasteiger partial charge in [-0.1, -0.05) is 6.07 Å². The standard InChI is InChI=1S/C22H18F3N9O/c1-12(13-5-6-16(29-11-13)22(23,24)25)34-19-17(14(10-26)32-34)20(35)31-21(30-19)33-9-2-4-15(33)18-27-7-3-8-28-18/h3,5-8,11-12,15H,2,4,9H2,1H3,(H,30,31,35). The van der Waals surface area contributed by atoms with Gasteiger partial charge in [0.2, 0.25) is 5.95 Å². The number of aromatic amines is 1. The Bertz CT molecular complexity index is 1470. The summed E-state index contributed by atoms with van der Waals surface area (Å²) < 4.78 is 40.1. The molecule has 0 radical (unpaired) electrons. The Hall–Kier alpha value is -4.34. The van der Waals surface area contributed by atoms with E-state index in [0.29, 0.717) is 17.9 Å². The maximum Gasteiger partial charge on any atom is 0.433 e. The number of hydrogen-bond donors (Lipinski definition) is 1. The minimum Gasteiger partial charge on any atom is -0.332 e. The number of H-pyrrole nitrogens is 1. The Labute approximate surface area is 196 Å². The van der Waals surface area contributed by atoms with Gasteiger partial charge in [-0.05, 0) is 37.5 Å². The summed E-state index contributed by atoms with van der Waals surface area (Å²) in [6, 6.07) is 4.94. The van der Waals surface area contributed by atoms with Crippen molar-refractivity contribution in [2.24, 2.45) is 0 Å². The van der Waals surface area contributed by atoms with Gasteiger partial charge < -0.3 is 4.90 Å². The van der Waals surface area contributed by atoms with Crippen LogP contribution in [0.25, 0.3) is 11.0 Å². The minimum absolute atomic E-state index is 0.00896. The summed E-state index contributed by atoms with van der Waals surface area (Å²) in [5, 5.41) is 13.8. The van der Waals surface area contributed by atoms with E-state index in [-0.39, 0.29) is 28.7 Å². The Morgan fingerprint density at radius 1 is 1.23 bits per heavy atom. The summed E-state index contributed by atoms with van der Waals surface area (Å²) in [7, 11) is 0. The monoisotopic (exact) mass is 481 g/mol. The molecule has 10 nitrogen and oxygen atoms in total.